The molecule has 0 spiro atoms. The number of carbonyl (C=O) groups excluding carboxylic acids is 2. The number of hydrogen-bond acceptors (Lipinski definition) is 6. The molecule has 1 aliphatic heterocycles. The van der Waals surface area contributed by atoms with Crippen molar-refractivity contribution >= 4 is 40.4 Å². The van der Waals surface area contributed by atoms with Crippen LogP contribution in [-0.2, 0) is 27.1 Å². The molecular weight excluding hydrogens is 438 g/mol. The molecule has 0 aliphatic carbocycles. The van der Waals surface area contributed by atoms with Gasteiger partial charge in [-0.3, -0.25) is 9.59 Å². The highest BCUT2D eigenvalue weighted by molar-refractivity contribution is 7.18. The molecule has 1 aromatic carbocycles. The Balaban J connectivity index is 1.67. The van der Waals surface area contributed by atoms with Crippen LogP contribution in [0.5, 0.6) is 0 Å². The van der Waals surface area contributed by atoms with E-state index in [1.807, 2.05) is 12.1 Å². The zero-order valence-electron chi connectivity index (χ0n) is 17.8. The van der Waals surface area contributed by atoms with Crippen molar-refractivity contribution in [2.45, 2.75) is 18.9 Å². The Kier molecular flexibility index (Phi) is 8.86. The molecule has 1 atom stereocenters. The third-order valence-electron chi connectivity index (χ3n) is 5.13. The lowest BCUT2D eigenvalue weighted by molar-refractivity contribution is -0.119. The van der Waals surface area contributed by atoms with Crippen LogP contribution in [0.25, 0.3) is 0 Å². The third kappa shape index (κ3) is 7.02. The molecular formula is C22H28ClN3O4S. The van der Waals surface area contributed by atoms with Crippen molar-refractivity contribution in [3.8, 4) is 0 Å². The second-order valence-corrected chi connectivity index (χ2v) is 9.19. The molecule has 31 heavy (non-hydrogen) atoms. The highest BCUT2D eigenvalue weighted by Crippen LogP contribution is 2.22. The SMILES string of the molecule is COCCOCC(NC(=O)c1ccc(Cl)s1)C(=O)Nc1ccc2c(c1)CCN(C)CC2. The Labute approximate surface area is 191 Å². The number of amides is 2. The van der Waals surface area contributed by atoms with Gasteiger partial charge in [0.2, 0.25) is 5.91 Å². The molecule has 2 aromatic rings. The van der Waals surface area contributed by atoms with E-state index in [-0.39, 0.29) is 18.4 Å². The Hall–Kier alpha value is -1.97. The minimum atomic E-state index is -0.852. The van der Waals surface area contributed by atoms with Crippen LogP contribution < -0.4 is 10.6 Å². The van der Waals surface area contributed by atoms with E-state index in [1.165, 1.54) is 11.1 Å². The summed E-state index contributed by atoms with van der Waals surface area (Å²) in [6, 6.07) is 8.43. The predicted octanol–water partition coefficient (Wildman–Crippen LogP) is 2.83. The number of nitrogens with zero attached hydrogens (tertiary/aromatic N) is 1. The molecule has 1 aliphatic rings. The van der Waals surface area contributed by atoms with Crippen LogP contribution in [-0.4, -0.2) is 69.8 Å². The monoisotopic (exact) mass is 465 g/mol. The van der Waals surface area contributed by atoms with Crippen LogP contribution in [0, 0.1) is 0 Å². The lowest BCUT2D eigenvalue weighted by Crippen LogP contribution is -2.46. The van der Waals surface area contributed by atoms with Crippen LogP contribution in [0.4, 0.5) is 5.69 Å². The van der Waals surface area contributed by atoms with E-state index < -0.39 is 6.04 Å². The quantitative estimate of drug-likeness (QED) is 0.557. The van der Waals surface area contributed by atoms with Gasteiger partial charge in [0.25, 0.3) is 5.91 Å². The van der Waals surface area contributed by atoms with E-state index in [9.17, 15) is 9.59 Å². The summed E-state index contributed by atoms with van der Waals surface area (Å²) >= 11 is 7.09. The van der Waals surface area contributed by atoms with E-state index in [0.717, 1.165) is 37.3 Å². The molecule has 2 heterocycles. The van der Waals surface area contributed by atoms with Gasteiger partial charge >= 0.3 is 0 Å². The molecule has 168 valence electrons. The van der Waals surface area contributed by atoms with Crippen LogP contribution in [0.1, 0.15) is 20.8 Å². The average molecular weight is 466 g/mol. The van der Waals surface area contributed by atoms with Gasteiger partial charge in [-0.25, -0.2) is 0 Å². The van der Waals surface area contributed by atoms with Crippen LogP contribution >= 0.6 is 22.9 Å². The first-order valence-electron chi connectivity index (χ1n) is 10.2. The van der Waals surface area contributed by atoms with Gasteiger partial charge in [-0.05, 0) is 55.3 Å². The predicted molar refractivity (Wildman–Crippen MR) is 123 cm³/mol. The zero-order chi connectivity index (χ0) is 22.2. The number of anilines is 1. The zero-order valence-corrected chi connectivity index (χ0v) is 19.4. The Morgan fingerprint density at radius 2 is 1.94 bits per heavy atom. The normalized spacial score (nSPS) is 15.1. The van der Waals surface area contributed by atoms with Crippen LogP contribution in [0.15, 0.2) is 30.3 Å². The molecule has 0 saturated carbocycles. The second-order valence-electron chi connectivity index (χ2n) is 7.47. The van der Waals surface area contributed by atoms with Gasteiger partial charge in [0, 0.05) is 25.9 Å². The van der Waals surface area contributed by atoms with Crippen molar-refractivity contribution < 1.29 is 19.1 Å². The van der Waals surface area contributed by atoms with Gasteiger partial charge < -0.3 is 25.0 Å². The molecule has 1 aromatic heterocycles. The van der Waals surface area contributed by atoms with E-state index in [4.69, 9.17) is 21.1 Å². The highest BCUT2D eigenvalue weighted by Gasteiger charge is 2.23. The number of thiophene rings is 1. The highest BCUT2D eigenvalue weighted by atomic mass is 35.5. The minimum Gasteiger partial charge on any atom is -0.382 e. The van der Waals surface area contributed by atoms with Gasteiger partial charge in [-0.2, -0.15) is 0 Å². The number of ether oxygens (including phenoxy) is 2. The third-order valence-corrected chi connectivity index (χ3v) is 6.36. The number of benzene rings is 1. The minimum absolute atomic E-state index is 0.0375. The lowest BCUT2D eigenvalue weighted by Gasteiger charge is -2.19. The smallest absolute Gasteiger partial charge is 0.262 e. The Morgan fingerprint density at radius 3 is 2.65 bits per heavy atom. The number of hydrogen-bond donors (Lipinski definition) is 2. The topological polar surface area (TPSA) is 79.9 Å². The summed E-state index contributed by atoms with van der Waals surface area (Å²) in [5.74, 6) is -0.698. The summed E-state index contributed by atoms with van der Waals surface area (Å²) in [4.78, 5) is 28.3. The van der Waals surface area contributed by atoms with Crippen LogP contribution in [0.3, 0.4) is 0 Å². The lowest BCUT2D eigenvalue weighted by atomic mass is 10.0. The van der Waals surface area contributed by atoms with Gasteiger partial charge in [0.15, 0.2) is 0 Å². The number of likely N-dealkylation sites (N-methyl/N-ethyl adjacent to an activating group) is 1. The summed E-state index contributed by atoms with van der Waals surface area (Å²) in [5.41, 5.74) is 3.26. The molecule has 0 saturated heterocycles. The van der Waals surface area contributed by atoms with Crippen LogP contribution in [0.2, 0.25) is 4.34 Å². The average Bonchev–Trinajstić information content (AvgIpc) is 3.11. The summed E-state index contributed by atoms with van der Waals surface area (Å²) in [6.07, 6.45) is 1.93. The molecule has 1 unspecified atom stereocenters. The summed E-state index contributed by atoms with van der Waals surface area (Å²) in [5, 5.41) is 5.68. The second kappa shape index (κ2) is 11.6. The van der Waals surface area contributed by atoms with Crippen molar-refractivity contribution in [1.29, 1.82) is 0 Å². The molecule has 2 amide bonds. The van der Waals surface area contributed by atoms with Crippen molar-refractivity contribution in [3.63, 3.8) is 0 Å². The van der Waals surface area contributed by atoms with Crippen molar-refractivity contribution in [1.82, 2.24) is 10.2 Å². The summed E-state index contributed by atoms with van der Waals surface area (Å²) in [7, 11) is 3.69. The van der Waals surface area contributed by atoms with Crippen molar-refractivity contribution in [2.75, 3.05) is 52.4 Å². The number of methoxy groups -OCH3 is 1. The molecule has 0 radical (unpaired) electrons. The van der Waals surface area contributed by atoms with Crippen molar-refractivity contribution in [2.24, 2.45) is 0 Å². The van der Waals surface area contributed by atoms with E-state index in [2.05, 4.69) is 28.6 Å². The van der Waals surface area contributed by atoms with Gasteiger partial charge in [-0.15, -0.1) is 11.3 Å². The summed E-state index contributed by atoms with van der Waals surface area (Å²) < 4.78 is 11.0. The maximum Gasteiger partial charge on any atom is 0.262 e. The van der Waals surface area contributed by atoms with E-state index >= 15 is 0 Å². The number of halogens is 1. The molecule has 0 fully saturated rings. The number of nitrogens with one attached hydrogen (secondary N) is 2. The number of fused-ring (bicyclic) bond motifs is 1. The first kappa shape index (κ1) is 23.7. The molecule has 3 rings (SSSR count). The standard InChI is InChI=1S/C22H28ClN3O4S/c1-26-9-7-15-3-4-17(13-16(15)8-10-26)24-21(27)18(14-30-12-11-29-2)25-22(28)19-5-6-20(23)31-19/h3-6,13,18H,7-12,14H2,1-2H3,(H,24,27)(H,25,28). The van der Waals surface area contributed by atoms with Gasteiger partial charge in [-0.1, -0.05) is 17.7 Å². The molecule has 0 bridgehead atoms. The summed E-state index contributed by atoms with van der Waals surface area (Å²) in [6.45, 7) is 2.78. The first-order chi connectivity index (χ1) is 15.0. The van der Waals surface area contributed by atoms with Crippen molar-refractivity contribution in [3.05, 3.63) is 50.7 Å². The largest absolute Gasteiger partial charge is 0.382 e. The maximum absolute atomic E-state index is 13.0. The molecule has 9 heteroatoms. The fourth-order valence-electron chi connectivity index (χ4n) is 3.34. The fraction of sp³-hybridized carbons (Fsp3) is 0.455. The molecule has 2 N–H and O–H groups in total. The molecule has 7 nitrogen and oxygen atoms in total. The van der Waals surface area contributed by atoms with E-state index in [0.29, 0.717) is 28.1 Å². The maximum atomic E-state index is 13.0. The first-order valence-corrected chi connectivity index (χ1v) is 11.4. The van der Waals surface area contributed by atoms with Gasteiger partial charge in [0.05, 0.1) is 29.0 Å². The number of rotatable bonds is 9. The fourth-order valence-corrected chi connectivity index (χ4v) is 4.28. The van der Waals surface area contributed by atoms with Gasteiger partial charge in [0.1, 0.15) is 6.04 Å². The number of carbonyl (C=O) groups is 2. The Bertz CT molecular complexity index is 905. The Morgan fingerprint density at radius 1 is 1.16 bits per heavy atom. The van der Waals surface area contributed by atoms with E-state index in [1.54, 1.807) is 19.2 Å².